The molecular weight excluding hydrogens is 622 g/mol. The Hall–Kier alpha value is -3.60. The number of thioether (sulfide) groups is 1. The number of hydrogen-bond acceptors (Lipinski definition) is 3. The average Bonchev–Trinajstić information content (AvgIpc) is 2.99. The van der Waals surface area contributed by atoms with Crippen LogP contribution >= 0.6 is 11.8 Å². The maximum absolute atomic E-state index is 15.2. The quantitative estimate of drug-likeness (QED) is 0.0968. The van der Waals surface area contributed by atoms with Crippen molar-refractivity contribution in [3.05, 3.63) is 107 Å². The van der Waals surface area contributed by atoms with Gasteiger partial charge in [0.15, 0.2) is 17.5 Å². The van der Waals surface area contributed by atoms with Crippen LogP contribution in [0, 0.1) is 34.9 Å². The van der Waals surface area contributed by atoms with E-state index in [2.05, 4.69) is 28.4 Å². The van der Waals surface area contributed by atoms with Gasteiger partial charge in [-0.15, -0.1) is 0 Å². The molecule has 0 spiro atoms. The highest BCUT2D eigenvalue weighted by molar-refractivity contribution is 7.99. The number of nitrogens with zero attached hydrogens (tertiary/aromatic N) is 1. The van der Waals surface area contributed by atoms with E-state index in [4.69, 9.17) is 0 Å². The number of ether oxygens (including phenoxy) is 1. The van der Waals surface area contributed by atoms with Crippen molar-refractivity contribution in [2.24, 2.45) is 0 Å². The van der Waals surface area contributed by atoms with Gasteiger partial charge in [0, 0.05) is 34.7 Å². The Morgan fingerprint density at radius 3 is 2.00 bits per heavy atom. The Morgan fingerprint density at radius 2 is 1.42 bits per heavy atom. The second kappa shape index (κ2) is 13.8. The summed E-state index contributed by atoms with van der Waals surface area (Å²) >= 11 is 2.06. The molecule has 0 unspecified atom stereocenters. The Bertz CT molecular complexity index is 1610. The SMILES string of the molecule is CCCCSC1CCC(c2ccc(-c3ccc(-c4cc(F)c(C(F)(F)Oc5cc(F)c(F)c(F)c5)c(F)c4)c(F)c3)nc2)CC1. The molecule has 4 aromatic rings. The van der Waals surface area contributed by atoms with E-state index in [0.717, 1.165) is 37.3 Å². The summed E-state index contributed by atoms with van der Waals surface area (Å²) < 4.78 is 118. The van der Waals surface area contributed by atoms with E-state index in [1.807, 2.05) is 6.07 Å². The summed E-state index contributed by atoms with van der Waals surface area (Å²) in [6.45, 7) is 2.19. The number of alkyl halides is 2. The summed E-state index contributed by atoms with van der Waals surface area (Å²) in [5.41, 5.74) is -0.489. The van der Waals surface area contributed by atoms with Crippen molar-refractivity contribution in [3.63, 3.8) is 0 Å². The largest absolute Gasteiger partial charge is 0.432 e. The maximum atomic E-state index is 15.2. The van der Waals surface area contributed by atoms with Gasteiger partial charge >= 0.3 is 6.11 Å². The molecule has 1 fully saturated rings. The summed E-state index contributed by atoms with van der Waals surface area (Å²) in [5, 5.41) is 0.697. The zero-order valence-corrected chi connectivity index (χ0v) is 25.0. The molecule has 1 heterocycles. The molecule has 0 saturated heterocycles. The first kappa shape index (κ1) is 32.8. The van der Waals surface area contributed by atoms with Gasteiger partial charge in [0.2, 0.25) is 0 Å². The molecule has 1 saturated carbocycles. The summed E-state index contributed by atoms with van der Waals surface area (Å²) in [7, 11) is 0. The standard InChI is InChI=1S/C34H29F8NOS/c1-2-3-12-45-24-8-4-19(5-9-24)21-7-11-31(43-18-21)20-6-10-25(26(35)13-20)22-14-27(36)32(28(37)15-22)34(41,42)44-23-16-29(38)33(40)30(39)17-23/h6-7,10-11,13-19,24H,2-5,8-9,12H2,1H3. The van der Waals surface area contributed by atoms with Crippen LogP contribution in [0.1, 0.15) is 62.5 Å². The minimum absolute atomic E-state index is 0.107. The fraction of sp³-hybridized carbons (Fsp3) is 0.324. The number of rotatable bonds is 10. The Balaban J connectivity index is 1.30. The van der Waals surface area contributed by atoms with Crippen molar-refractivity contribution in [2.75, 3.05) is 5.75 Å². The van der Waals surface area contributed by atoms with Crippen molar-refractivity contribution < 1.29 is 39.9 Å². The number of aromatic nitrogens is 1. The molecule has 0 aliphatic heterocycles. The minimum Gasteiger partial charge on any atom is -0.429 e. The van der Waals surface area contributed by atoms with Crippen molar-refractivity contribution in [1.29, 1.82) is 0 Å². The summed E-state index contributed by atoms with van der Waals surface area (Å²) in [4.78, 5) is 4.51. The van der Waals surface area contributed by atoms with Crippen molar-refractivity contribution in [3.8, 4) is 28.1 Å². The van der Waals surface area contributed by atoms with E-state index >= 15 is 4.39 Å². The second-order valence-electron chi connectivity index (χ2n) is 11.0. The molecule has 1 aliphatic carbocycles. The first-order chi connectivity index (χ1) is 21.5. The molecule has 1 aliphatic rings. The fourth-order valence-corrected chi connectivity index (χ4v) is 6.87. The van der Waals surface area contributed by atoms with Crippen LogP contribution in [0.5, 0.6) is 5.75 Å². The number of unbranched alkanes of at least 4 members (excludes halogenated alkanes) is 1. The third kappa shape index (κ3) is 7.45. The van der Waals surface area contributed by atoms with Crippen LogP contribution in [0.2, 0.25) is 0 Å². The molecule has 0 bridgehead atoms. The van der Waals surface area contributed by atoms with Crippen LogP contribution in [0.3, 0.4) is 0 Å². The topological polar surface area (TPSA) is 22.1 Å². The van der Waals surface area contributed by atoms with Gasteiger partial charge in [0.05, 0.1) is 5.69 Å². The third-order valence-corrected chi connectivity index (χ3v) is 9.36. The van der Waals surface area contributed by atoms with Crippen molar-refractivity contribution >= 4 is 11.8 Å². The Labute approximate surface area is 259 Å². The summed E-state index contributed by atoms with van der Waals surface area (Å²) in [6.07, 6.45) is 3.96. The zero-order valence-electron chi connectivity index (χ0n) is 24.2. The first-order valence-corrected chi connectivity index (χ1v) is 15.6. The van der Waals surface area contributed by atoms with E-state index < -0.39 is 52.3 Å². The highest BCUT2D eigenvalue weighted by Gasteiger charge is 2.41. The Morgan fingerprint density at radius 1 is 0.778 bits per heavy atom. The van der Waals surface area contributed by atoms with E-state index in [9.17, 15) is 30.7 Å². The highest BCUT2D eigenvalue weighted by atomic mass is 32.2. The third-order valence-electron chi connectivity index (χ3n) is 7.90. The Kier molecular flexibility index (Phi) is 10.1. The minimum atomic E-state index is -4.75. The van der Waals surface area contributed by atoms with E-state index in [-0.39, 0.29) is 23.3 Å². The lowest BCUT2D eigenvalue weighted by Crippen LogP contribution is -2.25. The molecule has 2 nitrogen and oxygen atoms in total. The van der Waals surface area contributed by atoms with Gasteiger partial charge in [0.25, 0.3) is 0 Å². The van der Waals surface area contributed by atoms with Crippen LogP contribution in [-0.4, -0.2) is 16.0 Å². The molecule has 11 heteroatoms. The molecule has 1 aromatic heterocycles. The maximum Gasteiger partial charge on any atom is 0.432 e. The molecular formula is C34H29F8NOS. The number of halogens is 8. The highest BCUT2D eigenvalue weighted by Crippen LogP contribution is 2.40. The summed E-state index contributed by atoms with van der Waals surface area (Å²) in [6, 6.07) is 8.85. The molecule has 5 rings (SSSR count). The number of pyridine rings is 1. The zero-order chi connectivity index (χ0) is 32.3. The van der Waals surface area contributed by atoms with E-state index in [0.29, 0.717) is 34.6 Å². The van der Waals surface area contributed by atoms with Crippen molar-refractivity contribution in [1.82, 2.24) is 4.98 Å². The molecule has 45 heavy (non-hydrogen) atoms. The lowest BCUT2D eigenvalue weighted by Gasteiger charge is -2.28. The van der Waals surface area contributed by atoms with Gasteiger partial charge in [-0.05, 0) is 79.2 Å². The van der Waals surface area contributed by atoms with Gasteiger partial charge < -0.3 is 4.74 Å². The molecule has 238 valence electrons. The molecule has 3 aromatic carbocycles. The first-order valence-electron chi connectivity index (χ1n) is 14.6. The lowest BCUT2D eigenvalue weighted by atomic mass is 9.84. The second-order valence-corrected chi connectivity index (χ2v) is 12.4. The monoisotopic (exact) mass is 651 g/mol. The van der Waals surface area contributed by atoms with E-state index in [1.54, 1.807) is 12.3 Å². The molecule has 0 N–H and O–H groups in total. The van der Waals surface area contributed by atoms with Gasteiger partial charge in [-0.2, -0.15) is 20.5 Å². The van der Waals surface area contributed by atoms with Crippen LogP contribution in [-0.2, 0) is 6.11 Å². The van der Waals surface area contributed by atoms with Gasteiger partial charge in [-0.1, -0.05) is 31.5 Å². The number of hydrogen-bond donors (Lipinski definition) is 0. The van der Waals surface area contributed by atoms with Crippen LogP contribution in [0.25, 0.3) is 22.4 Å². The van der Waals surface area contributed by atoms with Gasteiger partial charge in [-0.25, -0.2) is 26.3 Å². The lowest BCUT2D eigenvalue weighted by molar-refractivity contribution is -0.189. The van der Waals surface area contributed by atoms with Crippen LogP contribution in [0.15, 0.2) is 60.8 Å². The smallest absolute Gasteiger partial charge is 0.429 e. The molecule has 0 atom stereocenters. The average molecular weight is 652 g/mol. The summed E-state index contributed by atoms with van der Waals surface area (Å²) in [5.74, 6) is -9.66. The predicted octanol–water partition coefficient (Wildman–Crippen LogP) is 10.9. The van der Waals surface area contributed by atoms with Gasteiger partial charge in [-0.3, -0.25) is 4.98 Å². The molecule has 0 radical (unpaired) electrons. The number of benzene rings is 3. The van der Waals surface area contributed by atoms with E-state index in [1.165, 1.54) is 30.7 Å². The van der Waals surface area contributed by atoms with Crippen LogP contribution < -0.4 is 4.74 Å². The van der Waals surface area contributed by atoms with Gasteiger partial charge in [0.1, 0.15) is 28.8 Å². The fourth-order valence-electron chi connectivity index (χ4n) is 5.48. The molecule has 0 amide bonds. The van der Waals surface area contributed by atoms with Crippen molar-refractivity contribution in [2.45, 2.75) is 62.7 Å². The predicted molar refractivity (Wildman–Crippen MR) is 158 cm³/mol. The normalized spacial score (nSPS) is 17.0. The van der Waals surface area contributed by atoms with Crippen LogP contribution in [0.4, 0.5) is 35.1 Å².